The van der Waals surface area contributed by atoms with E-state index in [2.05, 4.69) is 9.72 Å². The van der Waals surface area contributed by atoms with Crippen molar-refractivity contribution in [1.29, 1.82) is 0 Å². The van der Waals surface area contributed by atoms with Crippen LogP contribution in [0.3, 0.4) is 0 Å². The molecule has 0 fully saturated rings. The highest BCUT2D eigenvalue weighted by Gasteiger charge is 2.35. The summed E-state index contributed by atoms with van der Waals surface area (Å²) in [7, 11) is 0. The fourth-order valence-corrected chi connectivity index (χ4v) is 2.38. The molecule has 1 unspecified atom stereocenters. The first-order valence-corrected chi connectivity index (χ1v) is 6.40. The van der Waals surface area contributed by atoms with Gasteiger partial charge in [-0.3, -0.25) is 4.74 Å². The normalized spacial score (nSPS) is 13.5. The van der Waals surface area contributed by atoms with Crippen LogP contribution in [0.5, 0.6) is 0 Å². The molecule has 0 saturated heterocycles. The first-order chi connectivity index (χ1) is 10.0. The van der Waals surface area contributed by atoms with E-state index in [9.17, 15) is 13.2 Å². The number of ether oxygens (including phenoxy) is 1. The topological polar surface area (TPSA) is 25.0 Å². The van der Waals surface area contributed by atoms with Crippen LogP contribution in [0.1, 0.15) is 17.2 Å². The average Bonchev–Trinajstić information content (AvgIpc) is 2.89. The second kappa shape index (κ2) is 5.26. The summed E-state index contributed by atoms with van der Waals surface area (Å²) in [6, 6.07) is 15.6. The highest BCUT2D eigenvalue weighted by atomic mass is 19.4. The van der Waals surface area contributed by atoms with Crippen molar-refractivity contribution in [2.75, 3.05) is 0 Å². The predicted molar refractivity (Wildman–Crippen MR) is 73.7 cm³/mol. The lowest BCUT2D eigenvalue weighted by atomic mass is 10.0. The van der Waals surface area contributed by atoms with Crippen LogP contribution in [0, 0.1) is 0 Å². The number of alkyl halides is 3. The van der Waals surface area contributed by atoms with Crippen molar-refractivity contribution in [3.05, 3.63) is 71.9 Å². The van der Waals surface area contributed by atoms with Crippen LogP contribution in [0.2, 0.25) is 0 Å². The van der Waals surface area contributed by atoms with E-state index in [0.717, 1.165) is 10.9 Å². The van der Waals surface area contributed by atoms with E-state index >= 15 is 0 Å². The van der Waals surface area contributed by atoms with Crippen LogP contribution in [-0.2, 0) is 4.74 Å². The minimum absolute atomic E-state index is 0.458. The number of fused-ring (bicyclic) bond motifs is 1. The van der Waals surface area contributed by atoms with Crippen LogP contribution in [0.15, 0.2) is 60.8 Å². The summed E-state index contributed by atoms with van der Waals surface area (Å²) in [6.07, 6.45) is -4.34. The van der Waals surface area contributed by atoms with E-state index in [1.54, 1.807) is 48.7 Å². The zero-order chi connectivity index (χ0) is 14.9. The third-order valence-electron chi connectivity index (χ3n) is 3.26. The zero-order valence-electron chi connectivity index (χ0n) is 10.9. The molecular formula is C16H12F3NO. The third-order valence-corrected chi connectivity index (χ3v) is 3.26. The van der Waals surface area contributed by atoms with Gasteiger partial charge in [0.2, 0.25) is 0 Å². The maximum atomic E-state index is 12.8. The van der Waals surface area contributed by atoms with Crippen molar-refractivity contribution in [2.45, 2.75) is 12.5 Å². The van der Waals surface area contributed by atoms with Gasteiger partial charge in [0.1, 0.15) is 6.10 Å². The molecule has 0 aliphatic rings. The summed E-state index contributed by atoms with van der Waals surface area (Å²) in [5.74, 6) is 0. The minimum Gasteiger partial charge on any atom is -0.361 e. The van der Waals surface area contributed by atoms with Crippen LogP contribution in [0.4, 0.5) is 13.2 Å². The fourth-order valence-electron chi connectivity index (χ4n) is 2.38. The van der Waals surface area contributed by atoms with Crippen LogP contribution < -0.4 is 0 Å². The number of rotatable bonds is 3. The Morgan fingerprint density at radius 2 is 1.57 bits per heavy atom. The Labute approximate surface area is 119 Å². The van der Waals surface area contributed by atoms with Gasteiger partial charge in [0.05, 0.1) is 0 Å². The number of para-hydroxylation sites is 1. The molecule has 0 bridgehead atoms. The second-order valence-corrected chi connectivity index (χ2v) is 4.64. The van der Waals surface area contributed by atoms with E-state index in [1.165, 1.54) is 0 Å². The molecule has 0 saturated carbocycles. The summed E-state index contributed by atoms with van der Waals surface area (Å²) in [4.78, 5) is 2.98. The fraction of sp³-hybridized carbons (Fsp3) is 0.125. The number of benzene rings is 2. The molecule has 0 spiro atoms. The number of H-pyrrole nitrogens is 1. The van der Waals surface area contributed by atoms with E-state index in [0.29, 0.717) is 11.1 Å². The lowest BCUT2D eigenvalue weighted by Gasteiger charge is -2.19. The Bertz CT molecular complexity index is 734. The van der Waals surface area contributed by atoms with Gasteiger partial charge in [0.25, 0.3) is 0 Å². The van der Waals surface area contributed by atoms with E-state index in [1.807, 2.05) is 12.1 Å². The molecule has 3 aromatic rings. The van der Waals surface area contributed by atoms with Gasteiger partial charge in [-0.15, -0.1) is 13.2 Å². The van der Waals surface area contributed by atoms with E-state index in [-0.39, 0.29) is 0 Å². The van der Waals surface area contributed by atoms with Crippen LogP contribution in [-0.4, -0.2) is 11.3 Å². The maximum absolute atomic E-state index is 12.8. The molecule has 21 heavy (non-hydrogen) atoms. The molecule has 0 radical (unpaired) electrons. The third kappa shape index (κ3) is 2.92. The number of halogens is 3. The highest BCUT2D eigenvalue weighted by molar-refractivity contribution is 5.83. The minimum atomic E-state index is -4.71. The summed E-state index contributed by atoms with van der Waals surface area (Å²) < 4.78 is 42.6. The van der Waals surface area contributed by atoms with Gasteiger partial charge < -0.3 is 4.98 Å². The van der Waals surface area contributed by atoms with Gasteiger partial charge in [0, 0.05) is 22.7 Å². The standard InChI is InChI=1S/C16H12F3NO/c17-16(18,19)21-15(11-6-2-1-3-7-11)13-10-20-14-9-5-4-8-12(13)14/h1-10,15,20H. The molecule has 108 valence electrons. The van der Waals surface area contributed by atoms with E-state index in [4.69, 9.17) is 0 Å². The monoisotopic (exact) mass is 291 g/mol. The van der Waals surface area contributed by atoms with Crippen LogP contribution >= 0.6 is 0 Å². The molecule has 2 aromatic carbocycles. The van der Waals surface area contributed by atoms with Crippen LogP contribution in [0.25, 0.3) is 10.9 Å². The van der Waals surface area contributed by atoms with Crippen molar-refractivity contribution in [3.63, 3.8) is 0 Å². The first-order valence-electron chi connectivity index (χ1n) is 6.40. The van der Waals surface area contributed by atoms with E-state index < -0.39 is 12.5 Å². The van der Waals surface area contributed by atoms with Crippen molar-refractivity contribution in [1.82, 2.24) is 4.98 Å². The smallest absolute Gasteiger partial charge is 0.361 e. The quantitative estimate of drug-likeness (QED) is 0.737. The number of aromatic nitrogens is 1. The zero-order valence-corrected chi connectivity index (χ0v) is 10.9. The average molecular weight is 291 g/mol. The summed E-state index contributed by atoms with van der Waals surface area (Å²) in [5, 5.41) is 0.718. The van der Waals surface area contributed by atoms with Gasteiger partial charge >= 0.3 is 6.36 Å². The Morgan fingerprint density at radius 3 is 2.29 bits per heavy atom. The van der Waals surface area contributed by atoms with Crippen molar-refractivity contribution >= 4 is 10.9 Å². The van der Waals surface area contributed by atoms with Gasteiger partial charge in [-0.2, -0.15) is 0 Å². The molecular weight excluding hydrogens is 279 g/mol. The molecule has 0 aliphatic heterocycles. The number of aromatic amines is 1. The van der Waals surface area contributed by atoms with Crippen molar-refractivity contribution in [3.8, 4) is 0 Å². The molecule has 0 amide bonds. The number of nitrogens with one attached hydrogen (secondary N) is 1. The molecule has 5 heteroatoms. The first kappa shape index (κ1) is 13.7. The molecule has 0 aliphatic carbocycles. The number of hydrogen-bond donors (Lipinski definition) is 1. The molecule has 3 rings (SSSR count). The SMILES string of the molecule is FC(F)(F)OC(c1ccccc1)c1c[nH]c2ccccc12. The Kier molecular flexibility index (Phi) is 3.43. The molecule has 1 N–H and O–H groups in total. The highest BCUT2D eigenvalue weighted by Crippen LogP contribution is 2.36. The van der Waals surface area contributed by atoms with Gasteiger partial charge in [0.15, 0.2) is 0 Å². The molecule has 2 nitrogen and oxygen atoms in total. The largest absolute Gasteiger partial charge is 0.523 e. The van der Waals surface area contributed by atoms with Gasteiger partial charge in [-0.05, 0) is 11.6 Å². The Hall–Kier alpha value is -2.27. The molecule has 1 aromatic heterocycles. The number of hydrogen-bond acceptors (Lipinski definition) is 1. The molecule has 1 heterocycles. The van der Waals surface area contributed by atoms with Crippen molar-refractivity contribution in [2.24, 2.45) is 0 Å². The lowest BCUT2D eigenvalue weighted by molar-refractivity contribution is -0.339. The van der Waals surface area contributed by atoms with Gasteiger partial charge in [-0.1, -0.05) is 48.5 Å². The lowest BCUT2D eigenvalue weighted by Crippen LogP contribution is -2.19. The molecule has 1 atom stereocenters. The summed E-state index contributed by atoms with van der Waals surface area (Å²) in [6.45, 7) is 0. The maximum Gasteiger partial charge on any atom is 0.523 e. The van der Waals surface area contributed by atoms with Crippen molar-refractivity contribution < 1.29 is 17.9 Å². The Balaban J connectivity index is 2.11. The summed E-state index contributed by atoms with van der Waals surface area (Å²) in [5.41, 5.74) is 1.70. The summed E-state index contributed by atoms with van der Waals surface area (Å²) >= 11 is 0. The van der Waals surface area contributed by atoms with Gasteiger partial charge in [-0.25, -0.2) is 0 Å². The second-order valence-electron chi connectivity index (χ2n) is 4.64. The Morgan fingerprint density at radius 1 is 0.905 bits per heavy atom. The predicted octanol–water partition coefficient (Wildman–Crippen LogP) is 4.79.